The molecule has 1 aliphatic heterocycles. The Morgan fingerprint density at radius 1 is 1.33 bits per heavy atom. The Hall–Kier alpha value is -2.60. The molecule has 3 rings (SSSR count). The molecule has 0 spiro atoms. The van der Waals surface area contributed by atoms with Gasteiger partial charge < -0.3 is 20.1 Å². The second-order valence-corrected chi connectivity index (χ2v) is 5.63. The van der Waals surface area contributed by atoms with Gasteiger partial charge in [-0.1, -0.05) is 6.07 Å². The van der Waals surface area contributed by atoms with Crippen LogP contribution in [0.15, 0.2) is 42.6 Å². The van der Waals surface area contributed by atoms with Crippen LogP contribution in [-0.4, -0.2) is 37.3 Å². The van der Waals surface area contributed by atoms with Gasteiger partial charge >= 0.3 is 0 Å². The number of benzene rings is 1. The maximum atomic E-state index is 12.2. The standard InChI is InChI=1S/C18H21N3O3/c1-23-15-5-2-4-13(10-15)21-18(22)17-8-7-14(11-20-17)19-12-16-6-3-9-24-16/h2,4-5,7-8,10-11,16,19H,3,6,9,12H2,1H3,(H,21,22). The number of methoxy groups -OCH3 is 1. The van der Waals surface area contributed by atoms with Gasteiger partial charge in [-0.15, -0.1) is 0 Å². The molecule has 1 aromatic heterocycles. The number of aromatic nitrogens is 1. The summed E-state index contributed by atoms with van der Waals surface area (Å²) in [5.41, 5.74) is 1.91. The summed E-state index contributed by atoms with van der Waals surface area (Å²) in [6, 6.07) is 10.8. The maximum Gasteiger partial charge on any atom is 0.274 e. The highest BCUT2D eigenvalue weighted by Gasteiger charge is 2.15. The summed E-state index contributed by atoms with van der Waals surface area (Å²) in [5.74, 6) is 0.434. The van der Waals surface area contributed by atoms with Crippen LogP contribution in [-0.2, 0) is 4.74 Å². The number of carbonyl (C=O) groups is 1. The van der Waals surface area contributed by atoms with Gasteiger partial charge in [-0.2, -0.15) is 0 Å². The Labute approximate surface area is 141 Å². The van der Waals surface area contributed by atoms with Gasteiger partial charge in [0.15, 0.2) is 0 Å². The fourth-order valence-electron chi connectivity index (χ4n) is 2.57. The molecule has 2 heterocycles. The van der Waals surface area contributed by atoms with Gasteiger partial charge in [0.05, 0.1) is 25.1 Å². The Bertz CT molecular complexity index is 682. The van der Waals surface area contributed by atoms with Crippen molar-refractivity contribution in [3.8, 4) is 5.75 Å². The Morgan fingerprint density at radius 3 is 2.96 bits per heavy atom. The lowest BCUT2D eigenvalue weighted by molar-refractivity contribution is 0.102. The minimum absolute atomic E-state index is 0.256. The van der Waals surface area contributed by atoms with Crippen LogP contribution in [0.1, 0.15) is 23.3 Å². The van der Waals surface area contributed by atoms with E-state index in [1.54, 1.807) is 31.5 Å². The third kappa shape index (κ3) is 4.23. The van der Waals surface area contributed by atoms with Crippen molar-refractivity contribution >= 4 is 17.3 Å². The molecular weight excluding hydrogens is 306 g/mol. The van der Waals surface area contributed by atoms with E-state index in [0.717, 1.165) is 31.7 Å². The number of nitrogens with zero attached hydrogens (tertiary/aromatic N) is 1. The molecule has 0 radical (unpaired) electrons. The highest BCUT2D eigenvalue weighted by atomic mass is 16.5. The highest BCUT2D eigenvalue weighted by molar-refractivity contribution is 6.03. The SMILES string of the molecule is COc1cccc(NC(=O)c2ccc(NCC3CCCO3)cn2)c1. The summed E-state index contributed by atoms with van der Waals surface area (Å²) in [6.45, 7) is 1.60. The van der Waals surface area contributed by atoms with Gasteiger partial charge in [-0.3, -0.25) is 4.79 Å². The van der Waals surface area contributed by atoms with Crippen molar-refractivity contribution in [2.75, 3.05) is 30.9 Å². The number of ether oxygens (including phenoxy) is 2. The highest BCUT2D eigenvalue weighted by Crippen LogP contribution is 2.18. The summed E-state index contributed by atoms with van der Waals surface area (Å²) in [6.07, 6.45) is 4.13. The zero-order valence-electron chi connectivity index (χ0n) is 13.6. The molecule has 126 valence electrons. The van der Waals surface area contributed by atoms with Crippen molar-refractivity contribution in [1.82, 2.24) is 4.98 Å². The van der Waals surface area contributed by atoms with Crippen LogP contribution in [0.3, 0.4) is 0 Å². The van der Waals surface area contributed by atoms with Gasteiger partial charge in [0.2, 0.25) is 0 Å². The first kappa shape index (κ1) is 16.3. The number of pyridine rings is 1. The third-order valence-corrected chi connectivity index (χ3v) is 3.88. The number of hydrogen-bond acceptors (Lipinski definition) is 5. The molecule has 1 amide bonds. The van der Waals surface area contributed by atoms with E-state index < -0.39 is 0 Å². The number of carbonyl (C=O) groups excluding carboxylic acids is 1. The number of anilines is 2. The van der Waals surface area contributed by atoms with E-state index in [2.05, 4.69) is 15.6 Å². The topological polar surface area (TPSA) is 72.5 Å². The molecule has 0 aliphatic carbocycles. The molecule has 2 N–H and O–H groups in total. The molecule has 2 aromatic rings. The van der Waals surface area contributed by atoms with E-state index in [1.807, 2.05) is 18.2 Å². The van der Waals surface area contributed by atoms with Crippen molar-refractivity contribution in [2.45, 2.75) is 18.9 Å². The summed E-state index contributed by atoms with van der Waals surface area (Å²) >= 11 is 0. The quantitative estimate of drug-likeness (QED) is 0.853. The predicted octanol–water partition coefficient (Wildman–Crippen LogP) is 2.93. The van der Waals surface area contributed by atoms with Gasteiger partial charge in [-0.25, -0.2) is 4.98 Å². The molecule has 1 fully saturated rings. The maximum absolute atomic E-state index is 12.2. The first-order valence-corrected chi connectivity index (χ1v) is 8.01. The molecule has 1 aromatic carbocycles. The predicted molar refractivity (Wildman–Crippen MR) is 92.6 cm³/mol. The van der Waals surface area contributed by atoms with Crippen molar-refractivity contribution in [3.63, 3.8) is 0 Å². The van der Waals surface area contributed by atoms with Gasteiger partial charge in [-0.05, 0) is 37.1 Å². The Kier molecular flexibility index (Phi) is 5.28. The lowest BCUT2D eigenvalue weighted by atomic mass is 10.2. The van der Waals surface area contributed by atoms with Crippen molar-refractivity contribution in [2.24, 2.45) is 0 Å². The molecule has 1 saturated heterocycles. The molecule has 6 nitrogen and oxygen atoms in total. The van der Waals surface area contributed by atoms with Crippen LogP contribution < -0.4 is 15.4 Å². The number of rotatable bonds is 6. The smallest absolute Gasteiger partial charge is 0.274 e. The first-order chi connectivity index (χ1) is 11.7. The normalized spacial score (nSPS) is 16.6. The largest absolute Gasteiger partial charge is 0.497 e. The zero-order valence-corrected chi connectivity index (χ0v) is 13.6. The van der Waals surface area contributed by atoms with E-state index in [9.17, 15) is 4.79 Å². The zero-order chi connectivity index (χ0) is 16.8. The van der Waals surface area contributed by atoms with Crippen LogP contribution >= 0.6 is 0 Å². The summed E-state index contributed by atoms with van der Waals surface area (Å²) in [5, 5.41) is 6.09. The lowest BCUT2D eigenvalue weighted by Gasteiger charge is -2.12. The fourth-order valence-corrected chi connectivity index (χ4v) is 2.57. The van der Waals surface area contributed by atoms with Gasteiger partial charge in [0.1, 0.15) is 11.4 Å². The number of hydrogen-bond donors (Lipinski definition) is 2. The van der Waals surface area contributed by atoms with Gasteiger partial charge in [0, 0.05) is 24.9 Å². The number of amides is 1. The fraction of sp³-hybridized carbons (Fsp3) is 0.333. The van der Waals surface area contributed by atoms with Crippen LogP contribution in [0.5, 0.6) is 5.75 Å². The average Bonchev–Trinajstić information content (AvgIpc) is 3.14. The van der Waals surface area contributed by atoms with Crippen molar-refractivity contribution in [3.05, 3.63) is 48.3 Å². The van der Waals surface area contributed by atoms with E-state index in [-0.39, 0.29) is 12.0 Å². The molecule has 0 saturated carbocycles. The summed E-state index contributed by atoms with van der Waals surface area (Å²) in [4.78, 5) is 16.5. The summed E-state index contributed by atoms with van der Waals surface area (Å²) < 4.78 is 10.7. The third-order valence-electron chi connectivity index (χ3n) is 3.88. The molecule has 6 heteroatoms. The first-order valence-electron chi connectivity index (χ1n) is 8.01. The van der Waals surface area contributed by atoms with Crippen molar-refractivity contribution < 1.29 is 14.3 Å². The molecule has 24 heavy (non-hydrogen) atoms. The van der Waals surface area contributed by atoms with E-state index in [1.165, 1.54) is 0 Å². The van der Waals surface area contributed by atoms with Gasteiger partial charge in [0.25, 0.3) is 5.91 Å². The average molecular weight is 327 g/mol. The van der Waals surface area contributed by atoms with E-state index in [4.69, 9.17) is 9.47 Å². The minimum Gasteiger partial charge on any atom is -0.497 e. The molecule has 1 atom stereocenters. The second-order valence-electron chi connectivity index (χ2n) is 5.63. The Morgan fingerprint density at radius 2 is 2.25 bits per heavy atom. The molecule has 0 bridgehead atoms. The second kappa shape index (κ2) is 7.79. The molecular formula is C18H21N3O3. The van der Waals surface area contributed by atoms with Crippen LogP contribution in [0.25, 0.3) is 0 Å². The molecule has 1 aliphatic rings. The Balaban J connectivity index is 1.56. The lowest BCUT2D eigenvalue weighted by Crippen LogP contribution is -2.19. The van der Waals surface area contributed by atoms with Crippen molar-refractivity contribution in [1.29, 1.82) is 0 Å². The van der Waals surface area contributed by atoms with E-state index in [0.29, 0.717) is 17.1 Å². The van der Waals surface area contributed by atoms with Crippen LogP contribution in [0.2, 0.25) is 0 Å². The van der Waals surface area contributed by atoms with E-state index >= 15 is 0 Å². The van der Waals surface area contributed by atoms with Crippen LogP contribution in [0.4, 0.5) is 11.4 Å². The summed E-state index contributed by atoms with van der Waals surface area (Å²) in [7, 11) is 1.59. The van der Waals surface area contributed by atoms with Crippen LogP contribution in [0, 0.1) is 0 Å². The monoisotopic (exact) mass is 327 g/mol. The minimum atomic E-state index is -0.256. The number of nitrogens with one attached hydrogen (secondary N) is 2. The molecule has 1 unspecified atom stereocenters.